The molecule has 0 fully saturated rings. The fourth-order valence-corrected chi connectivity index (χ4v) is 0.320. The predicted molar refractivity (Wildman–Crippen MR) is 34.1 cm³/mol. The molecule has 0 N–H and O–H groups in total. The zero-order chi connectivity index (χ0) is 7.98. The van der Waals surface area contributed by atoms with Crippen LogP contribution in [0.4, 0.5) is 0 Å². The summed E-state index contributed by atoms with van der Waals surface area (Å²) in [7, 11) is 0. The first-order valence-corrected chi connectivity index (χ1v) is 2.60. The van der Waals surface area contributed by atoms with Gasteiger partial charge >= 0.3 is 5.97 Å². The number of carbonyl (C=O) groups is 1. The number of nitriles is 1. The Bertz CT molecular complexity index is 220. The Morgan fingerprint density at radius 2 is 2.40 bits per heavy atom. The molecule has 0 radical (unpaired) electrons. The topological polar surface area (TPSA) is 72.4 Å². The average Bonchev–Trinajstić information content (AvgIpc) is 1.91. The highest BCUT2D eigenvalue weighted by Crippen LogP contribution is 1.89. The number of hydrogen-bond acceptors (Lipinski definition) is 3. The van der Waals surface area contributed by atoms with Crippen molar-refractivity contribution in [2.45, 2.75) is 6.92 Å². The van der Waals surface area contributed by atoms with E-state index in [1.807, 2.05) is 0 Å². The fraction of sp³-hybridized carbons (Fsp3) is 0.333. The van der Waals surface area contributed by atoms with E-state index < -0.39 is 11.5 Å². The van der Waals surface area contributed by atoms with Gasteiger partial charge in [-0.1, -0.05) is 0 Å². The lowest BCUT2D eigenvalue weighted by Crippen LogP contribution is -2.06. The highest BCUT2D eigenvalue weighted by atomic mass is 16.5. The molecule has 0 aromatic carbocycles. The van der Waals surface area contributed by atoms with Crippen LogP contribution >= 0.6 is 0 Å². The zero-order valence-electron chi connectivity index (χ0n) is 5.42. The lowest BCUT2D eigenvalue weighted by Gasteiger charge is -1.96. The fourth-order valence-electron chi connectivity index (χ4n) is 0.320. The van der Waals surface area contributed by atoms with E-state index >= 15 is 0 Å². The highest BCUT2D eigenvalue weighted by molar-refractivity contribution is 6.02. The summed E-state index contributed by atoms with van der Waals surface area (Å²) in [5.74, 6) is 0.563. The van der Waals surface area contributed by atoms with Crippen LogP contribution in [0.25, 0.3) is 5.41 Å². The van der Waals surface area contributed by atoms with Gasteiger partial charge in [0.1, 0.15) is 6.07 Å². The smallest absolute Gasteiger partial charge is 0.355 e. The molecule has 0 unspecified atom stereocenters. The van der Waals surface area contributed by atoms with Gasteiger partial charge in [-0.3, -0.25) is 0 Å². The molecule has 0 heterocycles. The summed E-state index contributed by atoms with van der Waals surface area (Å²) in [6.07, 6.45) is 0. The van der Waals surface area contributed by atoms with Crippen molar-refractivity contribution in [3.8, 4) is 6.07 Å². The third-order valence-corrected chi connectivity index (χ3v) is 0.703. The van der Waals surface area contributed by atoms with Crippen molar-refractivity contribution in [2.75, 3.05) is 6.61 Å². The molecule has 0 atom stereocenters. The maximum absolute atomic E-state index is 10.5. The molecule has 0 saturated heterocycles. The van der Waals surface area contributed by atoms with Crippen LogP contribution in [0.3, 0.4) is 0 Å². The predicted octanol–water partition coefficient (Wildman–Crippen LogP) is 0.239. The zero-order valence-corrected chi connectivity index (χ0v) is 5.42. The summed E-state index contributed by atoms with van der Waals surface area (Å²) >= 11 is 0. The minimum atomic E-state index is -0.854. The first-order chi connectivity index (χ1) is 4.76. The van der Waals surface area contributed by atoms with Crippen LogP contribution in [-0.4, -0.2) is 18.4 Å². The summed E-state index contributed by atoms with van der Waals surface area (Å²) < 4.78 is 4.36. The Hall–Kier alpha value is -1.59. The molecule has 0 aromatic heterocycles. The number of hydrogen-bond donors (Lipinski definition) is 0. The number of rotatable bonds is 2. The van der Waals surface area contributed by atoms with E-state index in [1.165, 1.54) is 11.9 Å². The molecular weight excluding hydrogens is 132 g/mol. The molecule has 0 aromatic rings. The van der Waals surface area contributed by atoms with Crippen LogP contribution < -0.4 is 0 Å². The highest BCUT2D eigenvalue weighted by Gasteiger charge is 2.05. The maximum atomic E-state index is 10.5. The summed E-state index contributed by atoms with van der Waals surface area (Å²) in [6.45, 7) is 1.77. The normalized spacial score (nSPS) is 7.20. The Morgan fingerprint density at radius 1 is 1.80 bits per heavy atom. The molecule has 0 amide bonds. The number of carbonyl (C=O) groups excluding carboxylic acids is 1. The summed E-state index contributed by atoms with van der Waals surface area (Å²) in [5.41, 5.74) is -0.512. The van der Waals surface area contributed by atoms with Gasteiger partial charge in [0.05, 0.1) is 6.61 Å². The summed E-state index contributed by atoms with van der Waals surface area (Å²) in [4.78, 5) is 10.5. The Kier molecular flexibility index (Phi) is 3.62. The number of nitrogens with zero attached hydrogens (tertiary/aromatic N) is 2. The van der Waals surface area contributed by atoms with Gasteiger partial charge in [0, 0.05) is 0 Å². The second-order valence-corrected chi connectivity index (χ2v) is 1.32. The van der Waals surface area contributed by atoms with Crippen LogP contribution in [0.5, 0.6) is 0 Å². The van der Waals surface area contributed by atoms with E-state index in [9.17, 15) is 4.79 Å². The Morgan fingerprint density at radius 3 is 2.70 bits per heavy atom. The van der Waals surface area contributed by atoms with Crippen molar-refractivity contribution in [3.05, 3.63) is 11.0 Å². The van der Waals surface area contributed by atoms with Gasteiger partial charge in [-0.25, -0.2) is 10.7 Å². The van der Waals surface area contributed by atoms with E-state index in [0.29, 0.717) is 0 Å². The van der Waals surface area contributed by atoms with E-state index in [4.69, 9.17) is 10.7 Å². The van der Waals surface area contributed by atoms with E-state index in [-0.39, 0.29) is 6.61 Å². The minimum Gasteiger partial charge on any atom is -0.762 e. The van der Waals surface area contributed by atoms with E-state index in [2.05, 4.69) is 4.74 Å². The summed E-state index contributed by atoms with van der Waals surface area (Å²) in [6, 6.07) is 1.42. The molecule has 0 spiro atoms. The van der Waals surface area contributed by atoms with Gasteiger partial charge in [0.25, 0.3) is 0 Å². The average molecular weight is 137 g/mol. The van der Waals surface area contributed by atoms with Crippen LogP contribution in [0.15, 0.2) is 5.57 Å². The second-order valence-electron chi connectivity index (χ2n) is 1.32. The van der Waals surface area contributed by atoms with E-state index in [0.717, 1.165) is 0 Å². The standard InChI is InChI=1S/C6H5N2O2/c1-2-10-6(9)5(3-7)4-8/h2H2,1H3/q-1. The first-order valence-electron chi connectivity index (χ1n) is 2.60. The SMILES string of the molecule is CCOC(=O)C(=C=[N-])C#N. The van der Waals surface area contributed by atoms with Crippen LogP contribution in [0, 0.1) is 11.3 Å². The molecule has 0 bridgehead atoms. The molecule has 0 rings (SSSR count). The van der Waals surface area contributed by atoms with Crippen molar-refractivity contribution < 1.29 is 9.53 Å². The number of ether oxygens (including phenoxy) is 1. The molecule has 0 aliphatic rings. The van der Waals surface area contributed by atoms with E-state index in [1.54, 1.807) is 6.92 Å². The molecule has 52 valence electrons. The van der Waals surface area contributed by atoms with Gasteiger partial charge in [0.2, 0.25) is 0 Å². The van der Waals surface area contributed by atoms with Crippen molar-refractivity contribution in [2.24, 2.45) is 0 Å². The quantitative estimate of drug-likeness (QED) is 0.237. The largest absolute Gasteiger partial charge is 0.762 e. The minimum absolute atomic E-state index is 0.172. The third-order valence-electron chi connectivity index (χ3n) is 0.703. The van der Waals surface area contributed by atoms with Gasteiger partial charge in [-0.15, -0.1) is 0 Å². The van der Waals surface area contributed by atoms with Gasteiger partial charge < -0.3 is 10.1 Å². The van der Waals surface area contributed by atoms with Gasteiger partial charge in [-0.2, -0.15) is 5.26 Å². The molecule has 0 aliphatic carbocycles. The monoisotopic (exact) mass is 137 g/mol. The summed E-state index contributed by atoms with van der Waals surface area (Å²) in [5, 5.41) is 16.2. The molecule has 4 heteroatoms. The van der Waals surface area contributed by atoms with Gasteiger partial charge in [0.15, 0.2) is 5.57 Å². The van der Waals surface area contributed by atoms with Crippen LogP contribution in [0.2, 0.25) is 0 Å². The lowest BCUT2D eigenvalue weighted by molar-refractivity contribution is -0.137. The van der Waals surface area contributed by atoms with Crippen molar-refractivity contribution in [1.82, 2.24) is 0 Å². The first kappa shape index (κ1) is 8.41. The van der Waals surface area contributed by atoms with Crippen molar-refractivity contribution >= 4 is 11.8 Å². The molecule has 10 heavy (non-hydrogen) atoms. The van der Waals surface area contributed by atoms with Gasteiger partial charge in [-0.05, 0) is 6.92 Å². The third kappa shape index (κ3) is 2.12. The van der Waals surface area contributed by atoms with Crippen molar-refractivity contribution in [3.63, 3.8) is 0 Å². The van der Waals surface area contributed by atoms with Crippen LogP contribution in [0.1, 0.15) is 6.92 Å². The number of esters is 1. The molecule has 0 saturated carbocycles. The van der Waals surface area contributed by atoms with Crippen molar-refractivity contribution in [1.29, 1.82) is 5.26 Å². The molecular formula is C6H5N2O2-. The Labute approximate surface area is 58.2 Å². The maximum Gasteiger partial charge on any atom is 0.355 e. The molecule has 0 aliphatic heterocycles. The Balaban J connectivity index is 4.23. The second kappa shape index (κ2) is 4.30. The van der Waals surface area contributed by atoms with Crippen LogP contribution in [-0.2, 0) is 9.53 Å². The lowest BCUT2D eigenvalue weighted by atomic mass is 10.3. The molecule has 4 nitrogen and oxygen atoms in total.